The molecule has 0 amide bonds. The zero-order valence-corrected chi connectivity index (χ0v) is 28.5. The average molecular weight is 671 g/mol. The molecule has 0 saturated heterocycles. The van der Waals surface area contributed by atoms with Gasteiger partial charge in [-0.1, -0.05) is 65.5 Å². The summed E-state index contributed by atoms with van der Waals surface area (Å²) in [7, 11) is 0. The number of ether oxygens (including phenoxy) is 2. The number of carbonyl (C=O) groups is 1. The van der Waals surface area contributed by atoms with Crippen molar-refractivity contribution in [3.8, 4) is 5.75 Å². The fourth-order valence-corrected chi connectivity index (χ4v) is 10.3. The molecule has 0 heterocycles. The summed E-state index contributed by atoms with van der Waals surface area (Å²) in [5.41, 5.74) is -1.03. The van der Waals surface area contributed by atoms with Gasteiger partial charge in [-0.25, -0.2) is 0 Å². The Morgan fingerprint density at radius 1 is 0.894 bits per heavy atom. The number of hydrogen-bond donors (Lipinski definition) is 0. The van der Waals surface area contributed by atoms with Crippen molar-refractivity contribution in [1.29, 1.82) is 0 Å². The summed E-state index contributed by atoms with van der Waals surface area (Å²) in [6.07, 6.45) is 4.54. The van der Waals surface area contributed by atoms with E-state index < -0.39 is 35.2 Å². The molecule has 3 saturated carbocycles. The highest BCUT2D eigenvalue weighted by Crippen LogP contribution is 2.67. The first-order valence-electron chi connectivity index (χ1n) is 17.7. The fourth-order valence-electron chi connectivity index (χ4n) is 10.3. The van der Waals surface area contributed by atoms with Gasteiger partial charge in [0.15, 0.2) is 0 Å². The van der Waals surface area contributed by atoms with E-state index in [4.69, 9.17) is 9.47 Å². The van der Waals surface area contributed by atoms with Gasteiger partial charge in [0.25, 0.3) is 0 Å². The van der Waals surface area contributed by atoms with Crippen LogP contribution in [0.5, 0.6) is 5.75 Å². The first-order valence-corrected chi connectivity index (χ1v) is 17.7. The third-order valence-electron chi connectivity index (χ3n) is 12.7. The van der Waals surface area contributed by atoms with Crippen LogP contribution >= 0.6 is 0 Å². The van der Waals surface area contributed by atoms with E-state index in [1.807, 2.05) is 0 Å². The van der Waals surface area contributed by atoms with Gasteiger partial charge in [-0.15, -0.1) is 0 Å². The van der Waals surface area contributed by atoms with Gasteiger partial charge in [0, 0.05) is 6.42 Å². The maximum absolute atomic E-state index is 13.2. The van der Waals surface area contributed by atoms with Crippen LogP contribution in [-0.2, 0) is 21.9 Å². The Morgan fingerprint density at radius 3 is 2.21 bits per heavy atom. The van der Waals surface area contributed by atoms with Crippen molar-refractivity contribution in [3.63, 3.8) is 0 Å². The van der Waals surface area contributed by atoms with Gasteiger partial charge in [0.1, 0.15) is 11.9 Å². The number of hydrogen-bond acceptors (Lipinski definition) is 3. The predicted octanol–water partition coefficient (Wildman–Crippen LogP) is 11.4. The minimum absolute atomic E-state index is 0.0485. The molecule has 0 spiro atoms. The van der Waals surface area contributed by atoms with Crippen molar-refractivity contribution >= 4 is 5.97 Å². The van der Waals surface area contributed by atoms with E-state index in [-0.39, 0.29) is 30.6 Å². The van der Waals surface area contributed by atoms with E-state index in [1.54, 1.807) is 0 Å². The molecule has 0 bridgehead atoms. The standard InChI is InChI=1S/C38H52F6O3/c1-23(2)7-6-8-24(3)31-11-12-32-30-10-9-25-20-28(13-16-35(25,4)33(30)14-17-36(31,32)5)47-34(45)15-18-46-29-21-26(37(39,40)41)19-27(22-29)38(42,43)44/h9,19,21-24,28,30-33H,6-8,10-18,20H2,1-5H3. The minimum atomic E-state index is -4.97. The van der Waals surface area contributed by atoms with Crippen molar-refractivity contribution in [1.82, 2.24) is 0 Å². The second-order valence-corrected chi connectivity index (χ2v) is 16.0. The van der Waals surface area contributed by atoms with Crippen molar-refractivity contribution in [3.05, 3.63) is 41.0 Å². The summed E-state index contributed by atoms with van der Waals surface area (Å²) < 4.78 is 89.9. The summed E-state index contributed by atoms with van der Waals surface area (Å²) >= 11 is 0. The average Bonchev–Trinajstić information content (AvgIpc) is 3.33. The van der Waals surface area contributed by atoms with E-state index in [2.05, 4.69) is 40.7 Å². The lowest BCUT2D eigenvalue weighted by atomic mass is 9.47. The number of allylic oxidation sites excluding steroid dienone is 1. The Morgan fingerprint density at radius 2 is 1.57 bits per heavy atom. The highest BCUT2D eigenvalue weighted by Gasteiger charge is 2.59. The summed E-state index contributed by atoms with van der Waals surface area (Å²) in [6.45, 7) is 11.7. The second kappa shape index (κ2) is 13.6. The SMILES string of the molecule is CC(C)CCCC(C)C1CCC2C3CC=C4CC(OC(=O)CCOc5cc(C(F)(F)F)cc(C(F)(F)F)c5)CCC4(C)C3CCC12C. The van der Waals surface area contributed by atoms with Crippen LogP contribution < -0.4 is 4.74 Å². The van der Waals surface area contributed by atoms with Gasteiger partial charge >= 0.3 is 18.3 Å². The molecular weight excluding hydrogens is 618 g/mol. The number of carbonyl (C=O) groups excluding carboxylic acids is 1. The number of halogens is 6. The van der Waals surface area contributed by atoms with Gasteiger partial charge in [-0.2, -0.15) is 26.3 Å². The number of benzene rings is 1. The number of esters is 1. The lowest BCUT2D eigenvalue weighted by Gasteiger charge is -2.58. The van der Waals surface area contributed by atoms with Crippen LogP contribution in [-0.4, -0.2) is 18.7 Å². The zero-order chi connectivity index (χ0) is 34.4. The van der Waals surface area contributed by atoms with Gasteiger partial charge in [-0.3, -0.25) is 4.79 Å². The predicted molar refractivity (Wildman–Crippen MR) is 169 cm³/mol. The third-order valence-corrected chi connectivity index (χ3v) is 12.7. The molecule has 264 valence electrons. The quantitative estimate of drug-likeness (QED) is 0.141. The van der Waals surface area contributed by atoms with E-state index in [0.717, 1.165) is 42.9 Å². The van der Waals surface area contributed by atoms with Crippen LogP contribution in [0.1, 0.15) is 123 Å². The first kappa shape index (κ1) is 36.1. The lowest BCUT2D eigenvalue weighted by molar-refractivity contribution is -0.152. The van der Waals surface area contributed by atoms with Crippen LogP contribution in [0, 0.1) is 46.3 Å². The molecule has 0 aromatic heterocycles. The molecule has 4 aliphatic rings. The topological polar surface area (TPSA) is 35.5 Å². The molecule has 1 aromatic carbocycles. The third kappa shape index (κ3) is 7.69. The molecule has 47 heavy (non-hydrogen) atoms. The summed E-state index contributed by atoms with van der Waals surface area (Å²) in [4.78, 5) is 12.7. The van der Waals surface area contributed by atoms with E-state index in [0.29, 0.717) is 35.8 Å². The summed E-state index contributed by atoms with van der Waals surface area (Å²) in [5, 5.41) is 0. The number of rotatable bonds is 10. The van der Waals surface area contributed by atoms with Crippen molar-refractivity contribution in [2.75, 3.05) is 6.61 Å². The molecule has 9 heteroatoms. The number of alkyl halides is 6. The highest BCUT2D eigenvalue weighted by atomic mass is 19.4. The maximum atomic E-state index is 13.2. The largest absolute Gasteiger partial charge is 0.493 e. The minimum Gasteiger partial charge on any atom is -0.493 e. The molecule has 4 aliphatic carbocycles. The fraction of sp³-hybridized carbons (Fsp3) is 0.763. The zero-order valence-electron chi connectivity index (χ0n) is 28.5. The van der Waals surface area contributed by atoms with Gasteiger partial charge in [0.2, 0.25) is 0 Å². The molecular formula is C38H52F6O3. The monoisotopic (exact) mass is 670 g/mol. The first-order chi connectivity index (χ1) is 21.9. The Bertz CT molecular complexity index is 1270. The van der Waals surface area contributed by atoms with Gasteiger partial charge in [-0.05, 0) is 109 Å². The van der Waals surface area contributed by atoms with Crippen LogP contribution in [0.15, 0.2) is 29.8 Å². The van der Waals surface area contributed by atoms with E-state index in [1.165, 1.54) is 50.5 Å². The second-order valence-electron chi connectivity index (χ2n) is 16.0. The maximum Gasteiger partial charge on any atom is 0.416 e. The molecule has 5 rings (SSSR count). The summed E-state index contributed by atoms with van der Waals surface area (Å²) in [6, 6.07) is 1.08. The van der Waals surface area contributed by atoms with Crippen molar-refractivity contribution < 1.29 is 40.6 Å². The van der Waals surface area contributed by atoms with Crippen LogP contribution in [0.4, 0.5) is 26.3 Å². The highest BCUT2D eigenvalue weighted by molar-refractivity contribution is 5.69. The molecule has 8 unspecified atom stereocenters. The smallest absolute Gasteiger partial charge is 0.416 e. The number of fused-ring (bicyclic) bond motifs is 5. The molecule has 8 atom stereocenters. The van der Waals surface area contributed by atoms with Crippen LogP contribution in [0.2, 0.25) is 0 Å². The molecule has 3 fully saturated rings. The van der Waals surface area contributed by atoms with Gasteiger partial charge < -0.3 is 9.47 Å². The molecule has 1 aromatic rings. The Labute approximate surface area is 276 Å². The molecule has 0 radical (unpaired) electrons. The Hall–Kier alpha value is -2.19. The molecule has 0 aliphatic heterocycles. The van der Waals surface area contributed by atoms with E-state index >= 15 is 0 Å². The van der Waals surface area contributed by atoms with Gasteiger partial charge in [0.05, 0.1) is 24.2 Å². The molecule has 0 N–H and O–H groups in total. The Kier molecular flexibility index (Phi) is 10.5. The van der Waals surface area contributed by atoms with Crippen molar-refractivity contribution in [2.24, 2.45) is 46.3 Å². The lowest BCUT2D eigenvalue weighted by Crippen LogP contribution is -2.51. The van der Waals surface area contributed by atoms with Crippen LogP contribution in [0.3, 0.4) is 0 Å². The van der Waals surface area contributed by atoms with Crippen molar-refractivity contribution in [2.45, 2.75) is 130 Å². The molecule has 3 nitrogen and oxygen atoms in total. The summed E-state index contributed by atoms with van der Waals surface area (Å²) in [5.74, 6) is 3.26. The van der Waals surface area contributed by atoms with Crippen LogP contribution in [0.25, 0.3) is 0 Å². The van der Waals surface area contributed by atoms with E-state index in [9.17, 15) is 31.1 Å². The normalized spacial score (nSPS) is 33.0. The Balaban J connectivity index is 1.16.